The van der Waals surface area contributed by atoms with Crippen LogP contribution in [0.25, 0.3) is 0 Å². The molecule has 0 aliphatic carbocycles. The summed E-state index contributed by atoms with van der Waals surface area (Å²) in [4.78, 5) is 12.5. The lowest BCUT2D eigenvalue weighted by atomic mass is 10.2. The number of nitrogens with one attached hydrogen (secondary N) is 1. The normalized spacial score (nSPS) is 17.9. The van der Waals surface area contributed by atoms with Gasteiger partial charge in [-0.25, -0.2) is 8.42 Å². The molecule has 8 heteroatoms. The molecule has 1 aliphatic heterocycles. The lowest BCUT2D eigenvalue weighted by Crippen LogP contribution is -2.44. The van der Waals surface area contributed by atoms with E-state index in [-0.39, 0.29) is 16.9 Å². The summed E-state index contributed by atoms with van der Waals surface area (Å²) in [6.07, 6.45) is -0.147. The second-order valence-corrected chi connectivity index (χ2v) is 8.15. The summed E-state index contributed by atoms with van der Waals surface area (Å²) in [5, 5.41) is 11.5. The molecule has 0 bridgehead atoms. The highest BCUT2D eigenvalue weighted by molar-refractivity contribution is 7.89. The molecule has 0 spiro atoms. The first-order valence-electron chi connectivity index (χ1n) is 8.43. The summed E-state index contributed by atoms with van der Waals surface area (Å²) in [7, 11) is -3.61. The highest BCUT2D eigenvalue weighted by atomic mass is 32.2. The fourth-order valence-electron chi connectivity index (χ4n) is 2.76. The molecule has 0 aromatic heterocycles. The van der Waals surface area contributed by atoms with E-state index in [0.29, 0.717) is 36.5 Å². The first kappa shape index (κ1) is 19.0. The van der Waals surface area contributed by atoms with E-state index in [0.717, 1.165) is 0 Å². The topological polar surface area (TPSA) is 99.5 Å². The molecule has 1 saturated heterocycles. The number of morpholine rings is 1. The van der Waals surface area contributed by atoms with E-state index in [9.17, 15) is 13.2 Å². The Morgan fingerprint density at radius 2 is 1.85 bits per heavy atom. The van der Waals surface area contributed by atoms with E-state index in [1.54, 1.807) is 24.3 Å². The number of hydrogen-bond acceptors (Lipinski definition) is 5. The average Bonchev–Trinajstić information content (AvgIpc) is 2.68. The highest BCUT2D eigenvalue weighted by Gasteiger charge is 2.29. The maximum Gasteiger partial charge on any atom is 0.255 e. The van der Waals surface area contributed by atoms with Crippen molar-refractivity contribution in [3.05, 3.63) is 59.7 Å². The molecule has 27 heavy (non-hydrogen) atoms. The Balaban J connectivity index is 1.72. The minimum absolute atomic E-state index is 0.145. The molecule has 1 amide bonds. The number of rotatable bonds is 4. The largest absolute Gasteiger partial charge is 0.376 e. The Hall–Kier alpha value is -2.73. The zero-order valence-electron chi connectivity index (χ0n) is 14.8. The summed E-state index contributed by atoms with van der Waals surface area (Å²) < 4.78 is 32.2. The number of benzene rings is 2. The molecule has 7 nitrogen and oxygen atoms in total. The van der Waals surface area contributed by atoms with E-state index in [4.69, 9.17) is 10.00 Å². The maximum absolute atomic E-state index is 12.7. The van der Waals surface area contributed by atoms with Gasteiger partial charge in [-0.05, 0) is 55.5 Å². The van der Waals surface area contributed by atoms with Gasteiger partial charge in [0, 0.05) is 24.3 Å². The molecule has 0 saturated carbocycles. The van der Waals surface area contributed by atoms with Crippen LogP contribution in [0, 0.1) is 11.3 Å². The quantitative estimate of drug-likeness (QED) is 0.870. The third-order valence-corrected chi connectivity index (χ3v) is 6.11. The van der Waals surface area contributed by atoms with Crippen LogP contribution >= 0.6 is 0 Å². The molecule has 1 unspecified atom stereocenters. The van der Waals surface area contributed by atoms with Gasteiger partial charge in [-0.2, -0.15) is 9.57 Å². The Kier molecular flexibility index (Phi) is 5.56. The first-order valence-corrected chi connectivity index (χ1v) is 9.87. The summed E-state index contributed by atoms with van der Waals surface area (Å²) in [6.45, 7) is 2.82. The Labute approximate surface area is 158 Å². The van der Waals surface area contributed by atoms with Gasteiger partial charge in [-0.1, -0.05) is 0 Å². The predicted molar refractivity (Wildman–Crippen MR) is 99.7 cm³/mol. The SMILES string of the molecule is CC1CN(S(=O)(=O)c2ccc(C(=O)Nc3ccc(C#N)cc3)cc2)CCO1. The number of carbonyl (C=O) groups excluding carboxylic acids is 1. The zero-order valence-corrected chi connectivity index (χ0v) is 15.6. The van der Waals surface area contributed by atoms with Crippen molar-refractivity contribution in [1.82, 2.24) is 4.31 Å². The lowest BCUT2D eigenvalue weighted by Gasteiger charge is -2.30. The fraction of sp³-hybridized carbons (Fsp3) is 0.263. The number of nitrogens with zero attached hydrogens (tertiary/aromatic N) is 2. The van der Waals surface area contributed by atoms with Gasteiger partial charge in [-0.3, -0.25) is 4.79 Å². The average molecular weight is 385 g/mol. The lowest BCUT2D eigenvalue weighted by molar-refractivity contribution is 0.0102. The predicted octanol–water partition coefficient (Wildman–Crippen LogP) is 2.22. The van der Waals surface area contributed by atoms with Crippen molar-refractivity contribution in [3.8, 4) is 6.07 Å². The van der Waals surface area contributed by atoms with Crippen LogP contribution in [-0.4, -0.2) is 44.4 Å². The summed E-state index contributed by atoms with van der Waals surface area (Å²) in [5.41, 5.74) is 1.40. The van der Waals surface area contributed by atoms with Crippen LogP contribution in [-0.2, 0) is 14.8 Å². The molecular formula is C19H19N3O4S. The third-order valence-electron chi connectivity index (χ3n) is 4.23. The minimum Gasteiger partial charge on any atom is -0.376 e. The zero-order chi connectivity index (χ0) is 19.4. The van der Waals surface area contributed by atoms with Gasteiger partial charge in [-0.15, -0.1) is 0 Å². The van der Waals surface area contributed by atoms with Crippen molar-refractivity contribution in [2.75, 3.05) is 25.0 Å². The van der Waals surface area contributed by atoms with E-state index in [1.807, 2.05) is 13.0 Å². The standard InChI is InChI=1S/C19H19N3O4S/c1-14-13-22(10-11-26-14)27(24,25)18-8-4-16(5-9-18)19(23)21-17-6-2-15(12-20)3-7-17/h2-9,14H,10-11,13H2,1H3,(H,21,23). The number of hydrogen-bond donors (Lipinski definition) is 1. The van der Waals surface area contributed by atoms with E-state index in [2.05, 4.69) is 5.32 Å². The first-order chi connectivity index (χ1) is 12.9. The Bertz CT molecular complexity index is 964. The van der Waals surface area contributed by atoms with Crippen molar-refractivity contribution in [2.24, 2.45) is 0 Å². The van der Waals surface area contributed by atoms with Gasteiger partial charge in [0.15, 0.2) is 0 Å². The Morgan fingerprint density at radius 1 is 1.19 bits per heavy atom. The van der Waals surface area contributed by atoms with Gasteiger partial charge >= 0.3 is 0 Å². The van der Waals surface area contributed by atoms with Gasteiger partial charge < -0.3 is 10.1 Å². The smallest absolute Gasteiger partial charge is 0.255 e. The van der Waals surface area contributed by atoms with Crippen LogP contribution in [0.5, 0.6) is 0 Å². The van der Waals surface area contributed by atoms with E-state index >= 15 is 0 Å². The molecule has 1 N–H and O–H groups in total. The highest BCUT2D eigenvalue weighted by Crippen LogP contribution is 2.20. The molecule has 140 valence electrons. The van der Waals surface area contributed by atoms with Crippen LogP contribution in [0.3, 0.4) is 0 Å². The van der Waals surface area contributed by atoms with Gasteiger partial charge in [0.2, 0.25) is 10.0 Å². The van der Waals surface area contributed by atoms with Crippen LogP contribution in [0.15, 0.2) is 53.4 Å². The summed E-state index contributed by atoms with van der Waals surface area (Å²) in [6, 6.07) is 14.3. The van der Waals surface area contributed by atoms with E-state index in [1.165, 1.54) is 28.6 Å². The molecule has 0 radical (unpaired) electrons. The van der Waals surface area contributed by atoms with Crippen molar-refractivity contribution >= 4 is 21.6 Å². The molecule has 1 atom stereocenters. The van der Waals surface area contributed by atoms with Gasteiger partial charge in [0.05, 0.1) is 29.2 Å². The minimum atomic E-state index is -3.61. The Morgan fingerprint density at radius 3 is 2.44 bits per heavy atom. The van der Waals surface area contributed by atoms with Crippen molar-refractivity contribution in [3.63, 3.8) is 0 Å². The van der Waals surface area contributed by atoms with Crippen LogP contribution in [0.1, 0.15) is 22.8 Å². The molecule has 3 rings (SSSR count). The van der Waals surface area contributed by atoms with Gasteiger partial charge in [0.25, 0.3) is 5.91 Å². The number of sulfonamides is 1. The molecular weight excluding hydrogens is 366 g/mol. The van der Waals surface area contributed by atoms with Crippen LogP contribution in [0.2, 0.25) is 0 Å². The summed E-state index contributed by atoms with van der Waals surface area (Å²) >= 11 is 0. The summed E-state index contributed by atoms with van der Waals surface area (Å²) in [5.74, 6) is -0.358. The number of ether oxygens (including phenoxy) is 1. The third kappa shape index (κ3) is 4.34. The molecule has 1 aliphatic rings. The molecule has 1 heterocycles. The number of carbonyl (C=O) groups is 1. The molecule has 2 aromatic rings. The number of anilines is 1. The second-order valence-electron chi connectivity index (χ2n) is 6.21. The monoisotopic (exact) mass is 385 g/mol. The molecule has 2 aromatic carbocycles. The molecule has 1 fully saturated rings. The second kappa shape index (κ2) is 7.88. The van der Waals surface area contributed by atoms with Crippen LogP contribution < -0.4 is 5.32 Å². The van der Waals surface area contributed by atoms with Crippen molar-refractivity contribution < 1.29 is 17.9 Å². The van der Waals surface area contributed by atoms with Gasteiger partial charge in [0.1, 0.15) is 0 Å². The fourth-order valence-corrected chi connectivity index (χ4v) is 4.26. The number of nitriles is 1. The van der Waals surface area contributed by atoms with Crippen molar-refractivity contribution in [1.29, 1.82) is 5.26 Å². The van der Waals surface area contributed by atoms with Crippen LogP contribution in [0.4, 0.5) is 5.69 Å². The maximum atomic E-state index is 12.7. The van der Waals surface area contributed by atoms with E-state index < -0.39 is 10.0 Å². The number of amides is 1. The van der Waals surface area contributed by atoms with Crippen molar-refractivity contribution in [2.45, 2.75) is 17.9 Å².